The van der Waals surface area contributed by atoms with Crippen molar-refractivity contribution in [1.29, 1.82) is 0 Å². The highest BCUT2D eigenvalue weighted by molar-refractivity contribution is 6.29. The average molecular weight is 366 g/mol. The summed E-state index contributed by atoms with van der Waals surface area (Å²) >= 11 is 6.11. The van der Waals surface area contributed by atoms with Crippen molar-refractivity contribution in [3.63, 3.8) is 0 Å². The van der Waals surface area contributed by atoms with Crippen molar-refractivity contribution in [2.75, 3.05) is 11.9 Å². The van der Waals surface area contributed by atoms with Gasteiger partial charge >= 0.3 is 0 Å². The lowest BCUT2D eigenvalue weighted by molar-refractivity contribution is 0.350. The number of aromatic nitrogens is 2. The normalized spacial score (nSPS) is 10.1. The summed E-state index contributed by atoms with van der Waals surface area (Å²) in [5.74, 6) is 5.55. The van der Waals surface area contributed by atoms with Gasteiger partial charge in [0.2, 0.25) is 0 Å². The number of nitrogens with zero attached hydrogens (tertiary/aromatic N) is 2. The van der Waals surface area contributed by atoms with Gasteiger partial charge in [-0.05, 0) is 17.7 Å². The topological polar surface area (TPSA) is 67.2 Å². The van der Waals surface area contributed by atoms with E-state index in [1.807, 2.05) is 42.5 Å². The molecule has 0 bridgehead atoms. The quantitative estimate of drug-likeness (QED) is 0.697. The van der Waals surface area contributed by atoms with Crippen LogP contribution < -0.4 is 10.9 Å². The molecular weight excluding hydrogens is 350 g/mol. The zero-order valence-corrected chi connectivity index (χ0v) is 14.6. The third-order valence-electron chi connectivity index (χ3n) is 3.62. The van der Waals surface area contributed by atoms with E-state index in [0.29, 0.717) is 17.8 Å². The number of anilines is 2. The molecule has 0 aliphatic rings. The van der Waals surface area contributed by atoms with Crippen LogP contribution in [-0.4, -0.2) is 21.3 Å². The molecule has 0 aliphatic carbocycles. The van der Waals surface area contributed by atoms with Gasteiger partial charge < -0.3 is 15.0 Å². The molecule has 2 aromatic carbocycles. The Hall–Kier alpha value is -3.07. The van der Waals surface area contributed by atoms with E-state index in [4.69, 9.17) is 16.7 Å². The Bertz CT molecular complexity index is 1020. The molecule has 0 saturated heterocycles. The molecular formula is C20H16ClN3O2. The number of hydrogen-bond acceptors (Lipinski definition) is 4. The summed E-state index contributed by atoms with van der Waals surface area (Å²) in [7, 11) is 0. The molecule has 0 radical (unpaired) electrons. The maximum atomic E-state index is 12.8. The molecule has 1 heterocycles. The molecule has 6 heteroatoms. The van der Waals surface area contributed by atoms with Gasteiger partial charge in [0.1, 0.15) is 11.8 Å². The van der Waals surface area contributed by atoms with Crippen molar-refractivity contribution >= 4 is 23.1 Å². The Morgan fingerprint density at radius 1 is 1.12 bits per heavy atom. The number of halogens is 1. The van der Waals surface area contributed by atoms with Crippen molar-refractivity contribution in [2.45, 2.75) is 6.54 Å². The lowest BCUT2D eigenvalue weighted by Crippen LogP contribution is -2.24. The molecule has 3 rings (SSSR count). The molecule has 0 atom stereocenters. The number of aliphatic hydroxyl groups is 1. The summed E-state index contributed by atoms with van der Waals surface area (Å²) < 4.78 is 1.51. The third kappa shape index (κ3) is 4.31. The van der Waals surface area contributed by atoms with Gasteiger partial charge in [-0.2, -0.15) is 0 Å². The molecule has 0 amide bonds. The molecule has 0 aliphatic heterocycles. The van der Waals surface area contributed by atoms with E-state index >= 15 is 0 Å². The molecule has 3 aromatic rings. The maximum Gasteiger partial charge on any atom is 0.294 e. The highest BCUT2D eigenvalue weighted by Crippen LogP contribution is 2.18. The predicted molar refractivity (Wildman–Crippen MR) is 103 cm³/mol. The van der Waals surface area contributed by atoms with Gasteiger partial charge in [0, 0.05) is 11.8 Å². The number of hydrogen-bond donors (Lipinski definition) is 2. The third-order valence-corrected chi connectivity index (χ3v) is 3.80. The summed E-state index contributed by atoms with van der Waals surface area (Å²) in [4.78, 5) is 16.9. The standard InChI is InChI=1S/C20H16ClN3O2/c21-18-14-24(13-15-7-2-1-3-8-15)20(26)19(23-18)22-17-11-5-4-9-16(17)10-6-12-25/h1-5,7-9,11,14,25H,12-13H2,(H,22,23). The SMILES string of the molecule is O=c1c(Nc2ccccc2C#CCO)nc(Cl)cn1Cc1ccccc1. The van der Waals surface area contributed by atoms with Crippen LogP contribution >= 0.6 is 11.6 Å². The summed E-state index contributed by atoms with van der Waals surface area (Å²) in [5.41, 5.74) is 1.96. The summed E-state index contributed by atoms with van der Waals surface area (Å²) in [6.45, 7) is 0.149. The minimum atomic E-state index is -0.289. The van der Waals surface area contributed by atoms with Crippen LogP contribution in [0.15, 0.2) is 65.6 Å². The van der Waals surface area contributed by atoms with Crippen LogP contribution in [-0.2, 0) is 6.54 Å². The average Bonchev–Trinajstić information content (AvgIpc) is 2.65. The second kappa shape index (κ2) is 8.34. The van der Waals surface area contributed by atoms with Crippen LogP contribution in [0.5, 0.6) is 0 Å². The Balaban J connectivity index is 1.96. The van der Waals surface area contributed by atoms with Gasteiger partial charge in [-0.25, -0.2) is 4.98 Å². The van der Waals surface area contributed by atoms with E-state index in [1.54, 1.807) is 12.1 Å². The van der Waals surface area contributed by atoms with E-state index in [0.717, 1.165) is 5.56 Å². The van der Waals surface area contributed by atoms with Gasteiger partial charge in [-0.15, -0.1) is 0 Å². The molecule has 0 unspecified atom stereocenters. The minimum Gasteiger partial charge on any atom is -0.384 e. The first-order valence-corrected chi connectivity index (χ1v) is 8.32. The molecule has 0 fully saturated rings. The number of rotatable bonds is 4. The predicted octanol–water partition coefficient (Wildman–Crippen LogP) is 3.03. The Morgan fingerprint density at radius 3 is 2.62 bits per heavy atom. The van der Waals surface area contributed by atoms with Crippen molar-refractivity contribution in [2.24, 2.45) is 0 Å². The van der Waals surface area contributed by atoms with E-state index in [2.05, 4.69) is 22.1 Å². The molecule has 26 heavy (non-hydrogen) atoms. The van der Waals surface area contributed by atoms with E-state index < -0.39 is 0 Å². The second-order valence-corrected chi connectivity index (χ2v) is 5.85. The van der Waals surface area contributed by atoms with Crippen LogP contribution in [0, 0.1) is 11.8 Å². The van der Waals surface area contributed by atoms with Gasteiger partial charge in [0.15, 0.2) is 5.82 Å². The highest BCUT2D eigenvalue weighted by atomic mass is 35.5. The van der Waals surface area contributed by atoms with Crippen molar-refractivity contribution in [1.82, 2.24) is 9.55 Å². The van der Waals surface area contributed by atoms with Crippen molar-refractivity contribution in [3.05, 3.63) is 87.4 Å². The second-order valence-electron chi connectivity index (χ2n) is 5.46. The number of para-hydroxylation sites is 1. The Labute approximate surface area is 155 Å². The molecule has 2 N–H and O–H groups in total. The maximum absolute atomic E-state index is 12.8. The summed E-state index contributed by atoms with van der Waals surface area (Å²) in [5, 5.41) is 12.1. The number of aliphatic hydroxyl groups excluding tert-OH is 1. The van der Waals surface area contributed by atoms with Crippen LogP contribution in [0.3, 0.4) is 0 Å². The molecule has 0 saturated carbocycles. The van der Waals surface area contributed by atoms with E-state index in [9.17, 15) is 4.79 Å². The molecule has 0 spiro atoms. The molecule has 130 valence electrons. The van der Waals surface area contributed by atoms with E-state index in [-0.39, 0.29) is 23.1 Å². The van der Waals surface area contributed by atoms with Crippen LogP contribution in [0.25, 0.3) is 0 Å². The Kier molecular flexibility index (Phi) is 5.69. The van der Waals surface area contributed by atoms with Crippen molar-refractivity contribution < 1.29 is 5.11 Å². The lowest BCUT2D eigenvalue weighted by Gasteiger charge is -2.11. The first-order chi connectivity index (χ1) is 12.7. The van der Waals surface area contributed by atoms with Gasteiger partial charge in [-0.3, -0.25) is 4.79 Å². The van der Waals surface area contributed by atoms with Crippen LogP contribution in [0.2, 0.25) is 5.15 Å². The minimum absolute atomic E-state index is 0.117. The van der Waals surface area contributed by atoms with Crippen molar-refractivity contribution in [3.8, 4) is 11.8 Å². The van der Waals surface area contributed by atoms with Crippen LogP contribution in [0.4, 0.5) is 11.5 Å². The fourth-order valence-electron chi connectivity index (χ4n) is 2.45. The Morgan fingerprint density at radius 2 is 1.85 bits per heavy atom. The van der Waals surface area contributed by atoms with Gasteiger partial charge in [-0.1, -0.05) is 65.9 Å². The fraction of sp³-hybridized carbons (Fsp3) is 0.100. The smallest absolute Gasteiger partial charge is 0.294 e. The first-order valence-electron chi connectivity index (χ1n) is 7.94. The number of benzene rings is 2. The van der Waals surface area contributed by atoms with E-state index in [1.165, 1.54) is 10.8 Å². The molecule has 1 aromatic heterocycles. The lowest BCUT2D eigenvalue weighted by atomic mass is 10.2. The number of nitrogens with one attached hydrogen (secondary N) is 1. The summed E-state index contributed by atoms with van der Waals surface area (Å²) in [6, 6.07) is 16.8. The zero-order valence-electron chi connectivity index (χ0n) is 13.8. The summed E-state index contributed by atoms with van der Waals surface area (Å²) in [6.07, 6.45) is 1.51. The zero-order chi connectivity index (χ0) is 18.4. The fourth-order valence-corrected chi connectivity index (χ4v) is 2.65. The largest absolute Gasteiger partial charge is 0.384 e. The highest BCUT2D eigenvalue weighted by Gasteiger charge is 2.10. The van der Waals surface area contributed by atoms with Crippen LogP contribution in [0.1, 0.15) is 11.1 Å². The monoisotopic (exact) mass is 365 g/mol. The first kappa shape index (κ1) is 17.7. The van der Waals surface area contributed by atoms with Gasteiger partial charge in [0.25, 0.3) is 5.56 Å². The van der Waals surface area contributed by atoms with Gasteiger partial charge in [0.05, 0.1) is 12.2 Å². The molecule has 5 nitrogen and oxygen atoms in total.